The first-order chi connectivity index (χ1) is 18.5. The Morgan fingerprint density at radius 1 is 1.11 bits per heavy atom. The highest BCUT2D eigenvalue weighted by atomic mass is 32.2. The van der Waals surface area contributed by atoms with Crippen LogP contribution in [0.5, 0.6) is 5.75 Å². The monoisotopic (exact) mass is 520 g/mol. The van der Waals surface area contributed by atoms with Crippen LogP contribution in [0.3, 0.4) is 0 Å². The number of nitrogens with one attached hydrogen (secondary N) is 1. The van der Waals surface area contributed by atoms with Gasteiger partial charge in [0.25, 0.3) is 5.91 Å². The summed E-state index contributed by atoms with van der Waals surface area (Å²) in [6, 6.07) is 17.9. The molecule has 0 aliphatic carbocycles. The quantitative estimate of drug-likeness (QED) is 0.344. The summed E-state index contributed by atoms with van der Waals surface area (Å²) in [5.41, 5.74) is 5.12. The molecule has 0 bridgehead atoms. The van der Waals surface area contributed by atoms with Gasteiger partial charge in [0.2, 0.25) is 5.17 Å². The Morgan fingerprint density at radius 3 is 2.82 bits per heavy atom. The Hall–Kier alpha value is -4.50. The van der Waals surface area contributed by atoms with E-state index < -0.39 is 5.91 Å². The molecule has 0 unspecified atom stereocenters. The van der Waals surface area contributed by atoms with Crippen LogP contribution < -0.4 is 4.74 Å². The first-order valence-corrected chi connectivity index (χ1v) is 13.0. The van der Waals surface area contributed by atoms with Gasteiger partial charge in [0.05, 0.1) is 12.1 Å². The summed E-state index contributed by atoms with van der Waals surface area (Å²) in [4.78, 5) is 21.4. The third-order valence-electron chi connectivity index (χ3n) is 6.42. The predicted molar refractivity (Wildman–Crippen MR) is 152 cm³/mol. The molecule has 2 aromatic carbocycles. The van der Waals surface area contributed by atoms with Gasteiger partial charge in [-0.1, -0.05) is 30.3 Å². The van der Waals surface area contributed by atoms with E-state index in [1.807, 2.05) is 55.6 Å². The molecule has 0 atom stereocenters. The van der Waals surface area contributed by atoms with Crippen LogP contribution in [-0.4, -0.2) is 43.1 Å². The van der Waals surface area contributed by atoms with Crippen molar-refractivity contribution in [1.82, 2.24) is 14.6 Å². The lowest BCUT2D eigenvalue weighted by Crippen LogP contribution is -2.35. The second-order valence-electron chi connectivity index (χ2n) is 9.08. The number of carbonyl (C=O) groups excluding carboxylic acids is 1. The number of pyridine rings is 1. The summed E-state index contributed by atoms with van der Waals surface area (Å²) >= 11 is 1.26. The van der Waals surface area contributed by atoms with Gasteiger partial charge in [0, 0.05) is 40.6 Å². The van der Waals surface area contributed by atoms with Crippen LogP contribution in [0.4, 0.5) is 0 Å². The Labute approximate surface area is 223 Å². The molecule has 0 saturated carbocycles. The van der Waals surface area contributed by atoms with Crippen LogP contribution in [-0.2, 0) is 11.3 Å². The van der Waals surface area contributed by atoms with Gasteiger partial charge in [0.15, 0.2) is 5.84 Å². The number of aromatic nitrogens is 2. The van der Waals surface area contributed by atoms with E-state index in [4.69, 9.17) is 10.1 Å². The van der Waals surface area contributed by atoms with Crippen molar-refractivity contribution < 1.29 is 9.53 Å². The summed E-state index contributed by atoms with van der Waals surface area (Å²) in [7, 11) is 0. The fraction of sp³-hybridized carbons (Fsp3) is 0.138. The van der Waals surface area contributed by atoms with Gasteiger partial charge in [0.1, 0.15) is 17.4 Å². The van der Waals surface area contributed by atoms with Gasteiger partial charge in [-0.3, -0.25) is 15.2 Å². The van der Waals surface area contributed by atoms with E-state index in [-0.39, 0.29) is 11.4 Å². The predicted octanol–water partition coefficient (Wildman–Crippen LogP) is 5.40. The number of amidine groups is 2. The Kier molecular flexibility index (Phi) is 6.13. The molecule has 1 N–H and O–H groups in total. The Morgan fingerprint density at radius 2 is 1.97 bits per heavy atom. The number of hydrogen-bond acceptors (Lipinski definition) is 6. The lowest BCUT2D eigenvalue weighted by Gasteiger charge is -2.20. The summed E-state index contributed by atoms with van der Waals surface area (Å²) in [5.74, 6) is 0.432. The van der Waals surface area contributed by atoms with Crippen LogP contribution in [0.15, 0.2) is 88.9 Å². The highest BCUT2D eigenvalue weighted by Crippen LogP contribution is 2.32. The maximum Gasteiger partial charge on any atom is 0.283 e. The number of para-hydroxylation sites is 1. The third-order valence-corrected chi connectivity index (χ3v) is 7.37. The second kappa shape index (κ2) is 9.75. The molecule has 8 nitrogen and oxygen atoms in total. The minimum absolute atomic E-state index is 0.00137. The van der Waals surface area contributed by atoms with Crippen molar-refractivity contribution in [3.63, 3.8) is 0 Å². The molecule has 0 spiro atoms. The van der Waals surface area contributed by atoms with E-state index in [1.54, 1.807) is 18.5 Å². The average molecular weight is 521 g/mol. The molecule has 4 heterocycles. The van der Waals surface area contributed by atoms with Gasteiger partial charge in [-0.25, -0.2) is 0 Å². The summed E-state index contributed by atoms with van der Waals surface area (Å²) in [5, 5.41) is 16.7. The molecule has 4 aromatic rings. The second-order valence-corrected chi connectivity index (χ2v) is 10.0. The van der Waals surface area contributed by atoms with Gasteiger partial charge >= 0.3 is 0 Å². The molecular weight excluding hydrogens is 496 g/mol. The van der Waals surface area contributed by atoms with Crippen LogP contribution in [0.2, 0.25) is 0 Å². The molecule has 2 aliphatic heterocycles. The molecule has 1 amide bonds. The van der Waals surface area contributed by atoms with E-state index >= 15 is 0 Å². The number of rotatable bonds is 6. The highest BCUT2D eigenvalue weighted by molar-refractivity contribution is 8.27. The van der Waals surface area contributed by atoms with Crippen molar-refractivity contribution in [3.8, 4) is 5.75 Å². The van der Waals surface area contributed by atoms with Crippen molar-refractivity contribution in [3.05, 3.63) is 101 Å². The van der Waals surface area contributed by atoms with E-state index in [0.29, 0.717) is 23.4 Å². The number of aliphatic imine (C=N–C) groups is 1. The van der Waals surface area contributed by atoms with Crippen molar-refractivity contribution in [1.29, 1.82) is 5.41 Å². The molecule has 9 heteroatoms. The zero-order valence-corrected chi connectivity index (χ0v) is 21.7. The zero-order chi connectivity index (χ0) is 26.2. The number of nitrogens with zero attached hydrogens (tertiary/aromatic N) is 5. The van der Waals surface area contributed by atoms with E-state index in [2.05, 4.69) is 38.7 Å². The van der Waals surface area contributed by atoms with Crippen LogP contribution >= 0.6 is 11.8 Å². The van der Waals surface area contributed by atoms with Crippen LogP contribution in [0.25, 0.3) is 17.0 Å². The molecule has 188 valence electrons. The lowest BCUT2D eigenvalue weighted by molar-refractivity contribution is -0.114. The molecule has 0 saturated heterocycles. The number of hydrazone groups is 1. The SMILES string of the molecule is Cc1ccc(C)c(OCCn2cc(/C=C3/C(=N)N4N=C(c5cccnc5)SC4=NC3=O)c3ccccc32)c1. The lowest BCUT2D eigenvalue weighted by atomic mass is 10.1. The fourth-order valence-electron chi connectivity index (χ4n) is 4.45. The standard InChI is InChI=1S/C29H24N6O2S/c1-18-9-10-19(2)25(14-18)37-13-12-34-17-21(22-7-3-4-8-24(22)34)15-23-26(30)35-29(32-27(23)36)38-28(33-35)20-6-5-11-31-16-20/h3-11,14-17,30H,12-13H2,1-2H3/b23-15-,30-26?. The largest absolute Gasteiger partial charge is 0.491 e. The molecule has 2 aromatic heterocycles. The van der Waals surface area contributed by atoms with Gasteiger partial charge < -0.3 is 9.30 Å². The van der Waals surface area contributed by atoms with Crippen molar-refractivity contribution in [2.75, 3.05) is 6.61 Å². The summed E-state index contributed by atoms with van der Waals surface area (Å²) < 4.78 is 8.20. The van der Waals surface area contributed by atoms with Crippen molar-refractivity contribution in [2.45, 2.75) is 20.4 Å². The number of benzene rings is 2. The number of ether oxygens (including phenoxy) is 1. The number of amides is 1. The molecule has 0 fully saturated rings. The van der Waals surface area contributed by atoms with Gasteiger partial charge in [-0.05, 0) is 67.1 Å². The number of carbonyl (C=O) groups is 1. The van der Waals surface area contributed by atoms with Crippen molar-refractivity contribution in [2.24, 2.45) is 10.1 Å². The normalized spacial score (nSPS) is 16.2. The van der Waals surface area contributed by atoms with E-state index in [1.165, 1.54) is 16.8 Å². The Bertz CT molecular complexity index is 1690. The Balaban J connectivity index is 1.28. The van der Waals surface area contributed by atoms with Crippen LogP contribution in [0, 0.1) is 19.3 Å². The molecule has 38 heavy (non-hydrogen) atoms. The fourth-order valence-corrected chi connectivity index (χ4v) is 5.33. The summed E-state index contributed by atoms with van der Waals surface area (Å²) in [6.07, 6.45) is 7.11. The number of aryl methyl sites for hydroxylation is 2. The zero-order valence-electron chi connectivity index (χ0n) is 20.9. The third kappa shape index (κ3) is 4.41. The minimum Gasteiger partial charge on any atom is -0.491 e. The highest BCUT2D eigenvalue weighted by Gasteiger charge is 2.36. The molecule has 2 aliphatic rings. The number of fused-ring (bicyclic) bond motifs is 2. The first kappa shape index (κ1) is 23.9. The molecule has 6 rings (SSSR count). The van der Waals surface area contributed by atoms with Crippen molar-refractivity contribution >= 4 is 50.7 Å². The maximum absolute atomic E-state index is 13.0. The minimum atomic E-state index is -0.452. The average Bonchev–Trinajstić information content (AvgIpc) is 3.51. The first-order valence-electron chi connectivity index (χ1n) is 12.2. The number of thioether (sulfide) groups is 1. The molecule has 0 radical (unpaired) electrons. The van der Waals surface area contributed by atoms with Crippen LogP contribution in [0.1, 0.15) is 22.3 Å². The van der Waals surface area contributed by atoms with Gasteiger partial charge in [-0.15, -0.1) is 0 Å². The van der Waals surface area contributed by atoms with E-state index in [0.717, 1.165) is 38.9 Å². The maximum atomic E-state index is 13.0. The van der Waals surface area contributed by atoms with E-state index in [9.17, 15) is 4.79 Å². The van der Waals surface area contributed by atoms with Gasteiger partial charge in [-0.2, -0.15) is 15.1 Å². The molecular formula is C29H24N6O2S. The number of hydrogen-bond donors (Lipinski definition) is 1. The summed E-state index contributed by atoms with van der Waals surface area (Å²) in [6.45, 7) is 5.22. The smallest absolute Gasteiger partial charge is 0.283 e. The topological polar surface area (TPSA) is 95.9 Å².